The SMILES string of the molecule is O=C1/C(=C/c2ccco2)Oc2c1ccc(O)c2CN1CCOCC1. The van der Waals surface area contributed by atoms with E-state index < -0.39 is 0 Å². The summed E-state index contributed by atoms with van der Waals surface area (Å²) in [4.78, 5) is 14.7. The molecule has 0 unspecified atom stereocenters. The maximum absolute atomic E-state index is 12.5. The lowest BCUT2D eigenvalue weighted by atomic mass is 10.0. The number of phenols is 1. The van der Waals surface area contributed by atoms with Crippen LogP contribution in [0, 0.1) is 0 Å². The highest BCUT2D eigenvalue weighted by Gasteiger charge is 2.32. The molecule has 0 bridgehead atoms. The summed E-state index contributed by atoms with van der Waals surface area (Å²) in [6.45, 7) is 3.41. The molecule has 2 aliphatic heterocycles. The topological polar surface area (TPSA) is 72.1 Å². The van der Waals surface area contributed by atoms with Crippen molar-refractivity contribution in [3.05, 3.63) is 53.2 Å². The highest BCUT2D eigenvalue weighted by molar-refractivity contribution is 6.14. The van der Waals surface area contributed by atoms with Gasteiger partial charge in [-0.25, -0.2) is 0 Å². The number of carbonyl (C=O) groups is 1. The molecule has 0 radical (unpaired) electrons. The van der Waals surface area contributed by atoms with Crippen molar-refractivity contribution < 1.29 is 23.8 Å². The molecule has 0 aliphatic carbocycles. The first-order chi connectivity index (χ1) is 11.7. The molecule has 0 saturated carbocycles. The maximum Gasteiger partial charge on any atom is 0.232 e. The molecule has 0 amide bonds. The second-order valence-electron chi connectivity index (χ2n) is 5.78. The number of hydrogen-bond donors (Lipinski definition) is 1. The number of fused-ring (bicyclic) bond motifs is 1. The summed E-state index contributed by atoms with van der Waals surface area (Å²) in [6.07, 6.45) is 3.10. The van der Waals surface area contributed by atoms with Gasteiger partial charge in [-0.05, 0) is 24.3 Å². The van der Waals surface area contributed by atoms with Gasteiger partial charge in [0.1, 0.15) is 17.3 Å². The lowest BCUT2D eigenvalue weighted by Gasteiger charge is -2.27. The predicted molar refractivity (Wildman–Crippen MR) is 85.8 cm³/mol. The number of Topliss-reactive ketones (excluding diaryl/α,β-unsaturated/α-hetero) is 1. The average molecular weight is 327 g/mol. The summed E-state index contributed by atoms with van der Waals surface area (Å²) in [5.41, 5.74) is 1.10. The fraction of sp³-hybridized carbons (Fsp3) is 0.278. The van der Waals surface area contributed by atoms with Gasteiger partial charge in [-0.15, -0.1) is 0 Å². The van der Waals surface area contributed by atoms with Crippen molar-refractivity contribution in [3.8, 4) is 11.5 Å². The van der Waals surface area contributed by atoms with Crippen molar-refractivity contribution >= 4 is 11.9 Å². The number of morpholine rings is 1. The van der Waals surface area contributed by atoms with Gasteiger partial charge in [0.2, 0.25) is 5.78 Å². The van der Waals surface area contributed by atoms with Gasteiger partial charge in [0.15, 0.2) is 5.76 Å². The monoisotopic (exact) mass is 327 g/mol. The van der Waals surface area contributed by atoms with Crippen LogP contribution in [0.15, 0.2) is 40.7 Å². The van der Waals surface area contributed by atoms with Crippen LogP contribution in [0.2, 0.25) is 0 Å². The van der Waals surface area contributed by atoms with Crippen molar-refractivity contribution in [3.63, 3.8) is 0 Å². The number of nitrogens with zero attached hydrogens (tertiary/aromatic N) is 1. The van der Waals surface area contributed by atoms with E-state index in [9.17, 15) is 9.90 Å². The first-order valence-corrected chi connectivity index (χ1v) is 7.85. The Bertz CT molecular complexity index is 788. The third kappa shape index (κ3) is 2.70. The summed E-state index contributed by atoms with van der Waals surface area (Å²) in [5.74, 6) is 1.11. The molecule has 124 valence electrons. The highest BCUT2D eigenvalue weighted by atomic mass is 16.5. The fourth-order valence-corrected chi connectivity index (χ4v) is 2.94. The fourth-order valence-electron chi connectivity index (χ4n) is 2.94. The smallest absolute Gasteiger partial charge is 0.232 e. The molecule has 2 aliphatic rings. The molecule has 24 heavy (non-hydrogen) atoms. The van der Waals surface area contributed by atoms with Crippen LogP contribution in [0.1, 0.15) is 21.7 Å². The molecule has 0 spiro atoms. The minimum atomic E-state index is -0.204. The largest absolute Gasteiger partial charge is 0.507 e. The number of hydrogen-bond acceptors (Lipinski definition) is 6. The molecule has 1 aromatic heterocycles. The van der Waals surface area contributed by atoms with Gasteiger partial charge in [-0.2, -0.15) is 0 Å². The molecule has 1 N–H and O–H groups in total. The average Bonchev–Trinajstić information content (AvgIpc) is 3.21. The van der Waals surface area contributed by atoms with Crippen LogP contribution in [-0.2, 0) is 11.3 Å². The minimum absolute atomic E-state index is 0.132. The van der Waals surface area contributed by atoms with Crippen LogP contribution in [0.4, 0.5) is 0 Å². The van der Waals surface area contributed by atoms with Crippen LogP contribution in [0.5, 0.6) is 11.5 Å². The molecule has 6 heteroatoms. The van der Waals surface area contributed by atoms with Gasteiger partial charge in [0.05, 0.1) is 30.6 Å². The quantitative estimate of drug-likeness (QED) is 0.873. The number of ether oxygens (including phenoxy) is 2. The van der Waals surface area contributed by atoms with Gasteiger partial charge in [-0.3, -0.25) is 9.69 Å². The number of carbonyl (C=O) groups excluding carboxylic acids is 1. The molecule has 1 aromatic carbocycles. The Morgan fingerprint density at radius 3 is 2.79 bits per heavy atom. The number of rotatable bonds is 3. The molecular formula is C18H17NO5. The zero-order valence-corrected chi connectivity index (χ0v) is 13.0. The van der Waals surface area contributed by atoms with E-state index in [1.807, 2.05) is 0 Å². The zero-order valence-electron chi connectivity index (χ0n) is 13.0. The van der Waals surface area contributed by atoms with E-state index in [0.717, 1.165) is 13.1 Å². The van der Waals surface area contributed by atoms with Gasteiger partial charge < -0.3 is 19.0 Å². The number of aromatic hydroxyl groups is 1. The minimum Gasteiger partial charge on any atom is -0.507 e. The van der Waals surface area contributed by atoms with E-state index in [2.05, 4.69) is 4.90 Å². The Balaban J connectivity index is 1.66. The molecule has 0 atom stereocenters. The zero-order chi connectivity index (χ0) is 16.5. The van der Waals surface area contributed by atoms with Gasteiger partial charge in [0.25, 0.3) is 0 Å². The van der Waals surface area contributed by atoms with E-state index in [1.54, 1.807) is 30.3 Å². The summed E-state index contributed by atoms with van der Waals surface area (Å²) in [7, 11) is 0. The molecule has 6 nitrogen and oxygen atoms in total. The van der Waals surface area contributed by atoms with Crippen molar-refractivity contribution in [2.45, 2.75) is 6.54 Å². The number of ketones is 1. The first kappa shape index (κ1) is 15.0. The second-order valence-corrected chi connectivity index (χ2v) is 5.78. The van der Waals surface area contributed by atoms with E-state index in [1.165, 1.54) is 6.26 Å². The van der Waals surface area contributed by atoms with Crippen LogP contribution in [0.3, 0.4) is 0 Å². The van der Waals surface area contributed by atoms with Crippen LogP contribution in [-0.4, -0.2) is 42.1 Å². The Morgan fingerprint density at radius 2 is 2.04 bits per heavy atom. The number of benzene rings is 1. The Hall–Kier alpha value is -2.57. The van der Waals surface area contributed by atoms with E-state index in [4.69, 9.17) is 13.9 Å². The summed E-state index contributed by atoms with van der Waals surface area (Å²) in [5, 5.41) is 10.2. The molecule has 2 aromatic rings. The van der Waals surface area contributed by atoms with Gasteiger partial charge in [0, 0.05) is 25.7 Å². The third-order valence-electron chi connectivity index (χ3n) is 4.22. The molecule has 1 fully saturated rings. The maximum atomic E-state index is 12.5. The summed E-state index contributed by atoms with van der Waals surface area (Å²) in [6, 6.07) is 6.64. The van der Waals surface area contributed by atoms with E-state index in [-0.39, 0.29) is 17.3 Å². The number of allylic oxidation sites excluding steroid dienone is 1. The third-order valence-corrected chi connectivity index (χ3v) is 4.22. The van der Waals surface area contributed by atoms with Crippen LogP contribution < -0.4 is 4.74 Å². The van der Waals surface area contributed by atoms with Crippen LogP contribution >= 0.6 is 0 Å². The Labute approximate surface area is 138 Å². The van der Waals surface area contributed by atoms with Crippen molar-refractivity contribution in [2.24, 2.45) is 0 Å². The summed E-state index contributed by atoms with van der Waals surface area (Å²) < 4.78 is 16.4. The first-order valence-electron chi connectivity index (χ1n) is 7.85. The van der Waals surface area contributed by atoms with Crippen molar-refractivity contribution in [1.29, 1.82) is 0 Å². The Morgan fingerprint density at radius 1 is 1.21 bits per heavy atom. The standard InChI is InChI=1S/C18H17NO5/c20-15-4-3-13-17(21)16(10-12-2-1-7-23-12)24-18(13)14(15)11-19-5-8-22-9-6-19/h1-4,7,10,20H,5-6,8-9,11H2/b16-10-. The van der Waals surface area contributed by atoms with E-state index >= 15 is 0 Å². The van der Waals surface area contributed by atoms with E-state index in [0.29, 0.717) is 42.4 Å². The van der Waals surface area contributed by atoms with Gasteiger partial charge >= 0.3 is 0 Å². The lowest BCUT2D eigenvalue weighted by Crippen LogP contribution is -2.35. The predicted octanol–water partition coefficient (Wildman–Crippen LogP) is 2.43. The van der Waals surface area contributed by atoms with Crippen LogP contribution in [0.25, 0.3) is 6.08 Å². The van der Waals surface area contributed by atoms with Crippen molar-refractivity contribution in [1.82, 2.24) is 4.90 Å². The van der Waals surface area contributed by atoms with Gasteiger partial charge in [-0.1, -0.05) is 0 Å². The van der Waals surface area contributed by atoms with Crippen molar-refractivity contribution in [2.75, 3.05) is 26.3 Å². The molecule has 1 saturated heterocycles. The number of furan rings is 1. The lowest BCUT2D eigenvalue weighted by molar-refractivity contribution is 0.0336. The highest BCUT2D eigenvalue weighted by Crippen LogP contribution is 2.40. The second kappa shape index (κ2) is 6.14. The number of phenolic OH excluding ortho intramolecular Hbond substituents is 1. The molecule has 4 rings (SSSR count). The normalized spacial score (nSPS) is 19.5. The Kier molecular flexibility index (Phi) is 3.84. The molecular weight excluding hydrogens is 310 g/mol. The molecule has 3 heterocycles. The summed E-state index contributed by atoms with van der Waals surface area (Å²) >= 11 is 0.